The van der Waals surface area contributed by atoms with Gasteiger partial charge < -0.3 is 15.5 Å². The molecule has 92 valence electrons. The van der Waals surface area contributed by atoms with Gasteiger partial charge >= 0.3 is 0 Å². The van der Waals surface area contributed by atoms with Gasteiger partial charge in [0.2, 0.25) is 5.91 Å². The average molecular weight is 234 g/mol. The van der Waals surface area contributed by atoms with Crippen LogP contribution in [-0.4, -0.2) is 36.6 Å². The third-order valence-corrected chi connectivity index (χ3v) is 3.12. The molecule has 0 radical (unpaired) electrons. The molecule has 1 aromatic heterocycles. The van der Waals surface area contributed by atoms with Gasteiger partial charge in [-0.25, -0.2) is 4.98 Å². The lowest BCUT2D eigenvalue weighted by molar-refractivity contribution is -0.126. The highest BCUT2D eigenvalue weighted by Gasteiger charge is 2.38. The number of anilines is 2. The van der Waals surface area contributed by atoms with Crippen LogP contribution in [0.1, 0.15) is 13.8 Å². The quantitative estimate of drug-likeness (QED) is 0.796. The predicted octanol–water partition coefficient (Wildman–Crippen LogP) is 0.838. The first-order valence-electron chi connectivity index (χ1n) is 5.76. The second-order valence-corrected chi connectivity index (χ2v) is 4.60. The molecule has 2 heterocycles. The van der Waals surface area contributed by atoms with E-state index in [9.17, 15) is 4.79 Å². The fourth-order valence-corrected chi connectivity index (χ4v) is 2.01. The summed E-state index contributed by atoms with van der Waals surface area (Å²) in [5, 5.41) is 5.88. The van der Waals surface area contributed by atoms with Gasteiger partial charge in [-0.2, -0.15) is 0 Å². The molecule has 5 nitrogen and oxygen atoms in total. The first-order chi connectivity index (χ1) is 8.05. The minimum Gasteiger partial charge on any atom is -0.373 e. The molecule has 0 spiro atoms. The molecule has 0 saturated carbocycles. The molecule has 0 aliphatic carbocycles. The number of nitrogens with one attached hydrogen (secondary N) is 2. The Morgan fingerprint density at radius 3 is 2.94 bits per heavy atom. The van der Waals surface area contributed by atoms with Crippen LogP contribution in [0, 0.1) is 0 Å². The second kappa shape index (κ2) is 4.24. The van der Waals surface area contributed by atoms with E-state index in [1.807, 2.05) is 44.0 Å². The molecule has 1 saturated heterocycles. The lowest BCUT2D eigenvalue weighted by Gasteiger charge is -2.42. The van der Waals surface area contributed by atoms with Crippen LogP contribution >= 0.6 is 0 Å². The van der Waals surface area contributed by atoms with Crippen LogP contribution < -0.4 is 15.5 Å². The summed E-state index contributed by atoms with van der Waals surface area (Å²) in [6.45, 7) is 5.26. The lowest BCUT2D eigenvalue weighted by atomic mass is 9.99. The van der Waals surface area contributed by atoms with Gasteiger partial charge in [-0.15, -0.1) is 0 Å². The van der Waals surface area contributed by atoms with E-state index < -0.39 is 5.54 Å². The summed E-state index contributed by atoms with van der Waals surface area (Å²) in [5.74, 6) is 1.68. The Balaban J connectivity index is 2.34. The van der Waals surface area contributed by atoms with Crippen molar-refractivity contribution in [3.05, 3.63) is 18.2 Å². The van der Waals surface area contributed by atoms with Crippen molar-refractivity contribution in [3.8, 4) is 0 Å². The Hall–Kier alpha value is -1.78. The van der Waals surface area contributed by atoms with Crippen LogP contribution in [0.5, 0.6) is 0 Å². The Morgan fingerprint density at radius 2 is 2.24 bits per heavy atom. The Morgan fingerprint density at radius 1 is 1.47 bits per heavy atom. The number of hydrogen-bond donors (Lipinski definition) is 2. The predicted molar refractivity (Wildman–Crippen MR) is 68.2 cm³/mol. The zero-order chi connectivity index (χ0) is 12.5. The van der Waals surface area contributed by atoms with Crippen LogP contribution in [0.15, 0.2) is 18.2 Å². The third kappa shape index (κ3) is 2.05. The Kier molecular flexibility index (Phi) is 2.92. The average Bonchev–Trinajstić information content (AvgIpc) is 2.32. The van der Waals surface area contributed by atoms with Gasteiger partial charge in [-0.1, -0.05) is 6.07 Å². The molecule has 0 unspecified atom stereocenters. The molecule has 0 aromatic carbocycles. The van der Waals surface area contributed by atoms with Crippen LogP contribution in [0.3, 0.4) is 0 Å². The number of carbonyl (C=O) groups is 1. The maximum Gasteiger partial charge on any atom is 0.245 e. The lowest BCUT2D eigenvalue weighted by Crippen LogP contribution is -2.62. The summed E-state index contributed by atoms with van der Waals surface area (Å²) in [7, 11) is 1.83. The van der Waals surface area contributed by atoms with Crippen LogP contribution in [0.4, 0.5) is 11.6 Å². The standard InChI is InChI=1S/C12H18N4O/c1-12(2)11(17)14-7-8-16(12)10-6-4-5-9(13-3)15-10/h4-6H,7-8H2,1-3H3,(H,13,15)(H,14,17). The number of hydrogen-bond acceptors (Lipinski definition) is 4. The third-order valence-electron chi connectivity index (χ3n) is 3.12. The van der Waals surface area contributed by atoms with Crippen molar-refractivity contribution in [2.45, 2.75) is 19.4 Å². The number of rotatable bonds is 2. The Labute approximate surface area is 101 Å². The summed E-state index contributed by atoms with van der Waals surface area (Å²) in [5.41, 5.74) is -0.558. The number of pyridine rings is 1. The van der Waals surface area contributed by atoms with Gasteiger partial charge in [0.25, 0.3) is 0 Å². The van der Waals surface area contributed by atoms with E-state index in [0.29, 0.717) is 6.54 Å². The van der Waals surface area contributed by atoms with Crippen LogP contribution in [0.25, 0.3) is 0 Å². The van der Waals surface area contributed by atoms with E-state index in [0.717, 1.165) is 18.2 Å². The fourth-order valence-electron chi connectivity index (χ4n) is 2.01. The van der Waals surface area contributed by atoms with E-state index in [2.05, 4.69) is 15.6 Å². The SMILES string of the molecule is CNc1cccc(N2CCNC(=O)C2(C)C)n1. The maximum absolute atomic E-state index is 11.9. The first-order valence-corrected chi connectivity index (χ1v) is 5.76. The van der Waals surface area contributed by atoms with Gasteiger partial charge in [-0.3, -0.25) is 4.79 Å². The maximum atomic E-state index is 11.9. The van der Waals surface area contributed by atoms with Crippen molar-refractivity contribution < 1.29 is 4.79 Å². The van der Waals surface area contributed by atoms with Crippen LogP contribution in [0.2, 0.25) is 0 Å². The highest BCUT2D eigenvalue weighted by atomic mass is 16.2. The van der Waals surface area contributed by atoms with E-state index in [1.165, 1.54) is 0 Å². The van der Waals surface area contributed by atoms with Crippen molar-refractivity contribution in [2.24, 2.45) is 0 Å². The molecule has 1 aliphatic heterocycles. The van der Waals surface area contributed by atoms with Crippen molar-refractivity contribution in [1.82, 2.24) is 10.3 Å². The zero-order valence-corrected chi connectivity index (χ0v) is 10.4. The second-order valence-electron chi connectivity index (χ2n) is 4.60. The molecular weight excluding hydrogens is 216 g/mol. The van der Waals surface area contributed by atoms with Crippen molar-refractivity contribution in [3.63, 3.8) is 0 Å². The van der Waals surface area contributed by atoms with E-state index in [4.69, 9.17) is 0 Å². The highest BCUT2D eigenvalue weighted by Crippen LogP contribution is 2.25. The minimum atomic E-state index is -0.558. The highest BCUT2D eigenvalue weighted by molar-refractivity contribution is 5.90. The van der Waals surface area contributed by atoms with E-state index >= 15 is 0 Å². The Bertz CT molecular complexity index is 430. The number of aromatic nitrogens is 1. The van der Waals surface area contributed by atoms with Gasteiger partial charge in [0.05, 0.1) is 0 Å². The number of piperazine rings is 1. The fraction of sp³-hybridized carbons (Fsp3) is 0.500. The van der Waals surface area contributed by atoms with Crippen molar-refractivity contribution >= 4 is 17.5 Å². The van der Waals surface area contributed by atoms with Crippen molar-refractivity contribution in [1.29, 1.82) is 0 Å². The van der Waals surface area contributed by atoms with Gasteiger partial charge in [-0.05, 0) is 26.0 Å². The largest absolute Gasteiger partial charge is 0.373 e. The molecular formula is C12H18N4O. The summed E-state index contributed by atoms with van der Waals surface area (Å²) in [6.07, 6.45) is 0. The van der Waals surface area contributed by atoms with Gasteiger partial charge in [0, 0.05) is 20.1 Å². The topological polar surface area (TPSA) is 57.3 Å². The molecule has 1 aliphatic rings. The monoisotopic (exact) mass is 234 g/mol. The molecule has 1 aromatic rings. The van der Waals surface area contributed by atoms with Gasteiger partial charge in [0.15, 0.2) is 0 Å². The molecule has 1 amide bonds. The minimum absolute atomic E-state index is 0.0420. The number of nitrogens with zero attached hydrogens (tertiary/aromatic N) is 2. The smallest absolute Gasteiger partial charge is 0.245 e. The molecule has 0 bridgehead atoms. The zero-order valence-electron chi connectivity index (χ0n) is 10.4. The summed E-state index contributed by atoms with van der Waals surface area (Å²) >= 11 is 0. The van der Waals surface area contributed by atoms with Crippen molar-refractivity contribution in [2.75, 3.05) is 30.4 Å². The number of carbonyl (C=O) groups excluding carboxylic acids is 1. The summed E-state index contributed by atoms with van der Waals surface area (Å²) in [4.78, 5) is 18.4. The molecule has 2 N–H and O–H groups in total. The molecule has 5 heteroatoms. The number of amides is 1. The molecule has 1 fully saturated rings. The van der Waals surface area contributed by atoms with E-state index in [1.54, 1.807) is 0 Å². The summed E-state index contributed by atoms with van der Waals surface area (Å²) in [6, 6.07) is 5.78. The molecule has 17 heavy (non-hydrogen) atoms. The van der Waals surface area contributed by atoms with Gasteiger partial charge in [0.1, 0.15) is 17.2 Å². The molecule has 0 atom stereocenters. The van der Waals surface area contributed by atoms with E-state index in [-0.39, 0.29) is 5.91 Å². The normalized spacial score (nSPS) is 18.8. The van der Waals surface area contributed by atoms with Crippen LogP contribution in [-0.2, 0) is 4.79 Å². The molecule has 2 rings (SSSR count). The first kappa shape index (κ1) is 11.7. The summed E-state index contributed by atoms with van der Waals surface area (Å²) < 4.78 is 0.